The van der Waals surface area contributed by atoms with E-state index in [1.54, 1.807) is 20.2 Å². The number of hydrogen-bond acceptors (Lipinski definition) is 9. The van der Waals surface area contributed by atoms with Gasteiger partial charge < -0.3 is 25.3 Å². The minimum Gasteiger partial charge on any atom is -0.508 e. The first-order valence-electron chi connectivity index (χ1n) is 10.7. The van der Waals surface area contributed by atoms with Crippen molar-refractivity contribution in [2.75, 3.05) is 33.1 Å². The van der Waals surface area contributed by atoms with Crippen molar-refractivity contribution in [2.45, 2.75) is 31.4 Å². The molecule has 0 spiro atoms. The van der Waals surface area contributed by atoms with Gasteiger partial charge in [-0.3, -0.25) is 19.3 Å². The number of hydrogen-bond donors (Lipinski definition) is 4. The van der Waals surface area contributed by atoms with E-state index >= 15 is 0 Å². The molecule has 176 valence electrons. The van der Waals surface area contributed by atoms with Crippen molar-refractivity contribution >= 4 is 28.8 Å². The molecule has 3 aliphatic rings. The number of nitrogens with zero attached hydrogens (tertiary/aromatic N) is 2. The molecule has 1 aromatic rings. The van der Waals surface area contributed by atoms with Crippen molar-refractivity contribution in [3.8, 4) is 5.75 Å². The number of anilines is 1. The first-order valence-corrected chi connectivity index (χ1v) is 10.7. The first-order chi connectivity index (χ1) is 15.3. The van der Waals surface area contributed by atoms with Crippen LogP contribution in [0.3, 0.4) is 0 Å². The minimum atomic E-state index is -2.55. The molecule has 4 rings (SSSR count). The number of benzene rings is 1. The van der Waals surface area contributed by atoms with Gasteiger partial charge in [0.1, 0.15) is 22.8 Å². The highest BCUT2D eigenvalue weighted by molar-refractivity contribution is 6.25. The van der Waals surface area contributed by atoms with E-state index in [0.717, 1.165) is 12.6 Å². The molecule has 1 fully saturated rings. The quantitative estimate of drug-likeness (QED) is 0.493. The fourth-order valence-electron chi connectivity index (χ4n) is 5.75. The van der Waals surface area contributed by atoms with E-state index in [-0.39, 0.29) is 29.7 Å². The lowest BCUT2D eigenvalue weighted by Gasteiger charge is -2.50. The van der Waals surface area contributed by atoms with Gasteiger partial charge in [-0.2, -0.15) is 0 Å². The van der Waals surface area contributed by atoms with Gasteiger partial charge in [-0.15, -0.1) is 0 Å². The van der Waals surface area contributed by atoms with Crippen LogP contribution >= 0.6 is 0 Å². The summed E-state index contributed by atoms with van der Waals surface area (Å²) in [7, 11) is 6.85. The van der Waals surface area contributed by atoms with Gasteiger partial charge in [-0.25, -0.2) is 0 Å². The third kappa shape index (κ3) is 2.95. The molecule has 33 heavy (non-hydrogen) atoms. The van der Waals surface area contributed by atoms with E-state index in [2.05, 4.69) is 0 Å². The zero-order valence-electron chi connectivity index (χ0n) is 19.2. The maximum absolute atomic E-state index is 13.7. The second kappa shape index (κ2) is 7.43. The zero-order valence-corrected chi connectivity index (χ0v) is 19.2. The number of ketones is 3. The van der Waals surface area contributed by atoms with Crippen LogP contribution in [-0.4, -0.2) is 82.5 Å². The second-order valence-electron chi connectivity index (χ2n) is 9.51. The highest BCUT2D eigenvalue weighted by Crippen LogP contribution is 2.53. The fourth-order valence-corrected chi connectivity index (χ4v) is 5.75. The van der Waals surface area contributed by atoms with Crippen LogP contribution in [-0.2, 0) is 20.8 Å². The topological polar surface area (TPSA) is 139 Å². The Hall–Kier alpha value is -3.17. The number of Topliss-reactive ketones (excluding diaryl/α,β-unsaturated/α-hetero) is 3. The van der Waals surface area contributed by atoms with E-state index in [1.165, 1.54) is 11.0 Å². The number of rotatable bonds is 3. The molecule has 4 N–H and O–H groups in total. The lowest BCUT2D eigenvalue weighted by atomic mass is 9.57. The molecule has 0 radical (unpaired) electrons. The van der Waals surface area contributed by atoms with Crippen LogP contribution in [0, 0.1) is 11.8 Å². The maximum Gasteiger partial charge on any atom is 0.202 e. The number of phenols is 1. The van der Waals surface area contributed by atoms with Gasteiger partial charge in [0.2, 0.25) is 5.78 Å². The SMILES string of the molecule is CC(=O)C1=C(O)[C@@]2(O)C(=O)C3=C(O)c4c(O)ccc(N(C)C)c4CC3C[C@H]2[C@H](N(C)C)C1=O. The fraction of sp³-hybridized carbons (Fsp3) is 0.458. The Bertz CT molecular complexity index is 1160. The Morgan fingerprint density at radius 3 is 2.27 bits per heavy atom. The van der Waals surface area contributed by atoms with Crippen molar-refractivity contribution in [3.05, 3.63) is 40.2 Å². The molecule has 9 nitrogen and oxygen atoms in total. The number of aromatic hydroxyl groups is 1. The molecule has 1 unspecified atom stereocenters. The number of carbonyl (C=O) groups is 3. The molecule has 3 aliphatic carbocycles. The Labute approximate surface area is 191 Å². The summed E-state index contributed by atoms with van der Waals surface area (Å²) >= 11 is 0. The summed E-state index contributed by atoms with van der Waals surface area (Å²) in [5, 5.41) is 44.1. The first kappa shape index (κ1) is 23.0. The standard InChI is InChI=1S/C24H28N2O7/c1-10(27)16-21(30)19(26(4)5)13-9-11-8-12-14(25(2)3)6-7-15(28)18(12)20(29)17(11)23(32)24(13,33)22(16)31/h6-7,11,13,19,28-29,31,33H,8-9H2,1-5H3/t11?,13-,19-,24+/m0/s1. The number of phenolic OH excluding ortho intramolecular Hbond substituents is 1. The van der Waals surface area contributed by atoms with E-state index < -0.39 is 57.9 Å². The number of likely N-dealkylation sites (N-methyl/N-ethyl adjacent to an activating group) is 1. The summed E-state index contributed by atoms with van der Waals surface area (Å²) in [4.78, 5) is 42.4. The van der Waals surface area contributed by atoms with Gasteiger partial charge in [0.15, 0.2) is 17.2 Å². The summed E-state index contributed by atoms with van der Waals surface area (Å²) in [5.74, 6) is -5.60. The number of fused-ring (bicyclic) bond motifs is 3. The van der Waals surface area contributed by atoms with Crippen molar-refractivity contribution in [1.29, 1.82) is 0 Å². The smallest absolute Gasteiger partial charge is 0.202 e. The van der Waals surface area contributed by atoms with Gasteiger partial charge in [0.05, 0.1) is 11.6 Å². The van der Waals surface area contributed by atoms with Crippen LogP contribution in [0.25, 0.3) is 5.76 Å². The zero-order chi connectivity index (χ0) is 24.6. The normalized spacial score (nSPS) is 29.1. The molecular formula is C24H28N2O7. The summed E-state index contributed by atoms with van der Waals surface area (Å²) in [6, 6.07) is 2.12. The minimum absolute atomic E-state index is 0.105. The van der Waals surface area contributed by atoms with E-state index in [0.29, 0.717) is 5.56 Å². The Morgan fingerprint density at radius 2 is 1.73 bits per heavy atom. The average Bonchev–Trinajstić information content (AvgIpc) is 2.70. The molecule has 0 heterocycles. The largest absolute Gasteiger partial charge is 0.508 e. The summed E-state index contributed by atoms with van der Waals surface area (Å²) in [6.07, 6.45) is 0.390. The number of aliphatic hydroxyl groups is 3. The predicted molar refractivity (Wildman–Crippen MR) is 120 cm³/mol. The predicted octanol–water partition coefficient (Wildman–Crippen LogP) is 1.13. The van der Waals surface area contributed by atoms with Crippen molar-refractivity contribution in [3.63, 3.8) is 0 Å². The van der Waals surface area contributed by atoms with Crippen LogP contribution < -0.4 is 4.90 Å². The molecule has 1 aromatic carbocycles. The molecule has 0 saturated heterocycles. The second-order valence-corrected chi connectivity index (χ2v) is 9.51. The van der Waals surface area contributed by atoms with Crippen LogP contribution in [0.5, 0.6) is 5.75 Å². The van der Waals surface area contributed by atoms with Crippen molar-refractivity contribution in [1.82, 2.24) is 4.90 Å². The monoisotopic (exact) mass is 456 g/mol. The molecule has 4 atom stereocenters. The highest BCUT2D eigenvalue weighted by atomic mass is 16.3. The lowest BCUT2D eigenvalue weighted by molar-refractivity contribution is -0.153. The summed E-state index contributed by atoms with van der Waals surface area (Å²) in [5.41, 5.74) is -1.75. The molecule has 0 aromatic heterocycles. The Kier molecular flexibility index (Phi) is 5.18. The molecule has 1 saturated carbocycles. The van der Waals surface area contributed by atoms with Crippen LogP contribution in [0.1, 0.15) is 24.5 Å². The Morgan fingerprint density at radius 1 is 1.09 bits per heavy atom. The highest BCUT2D eigenvalue weighted by Gasteiger charge is 2.64. The molecule has 0 amide bonds. The average molecular weight is 456 g/mol. The van der Waals surface area contributed by atoms with E-state index in [9.17, 15) is 34.8 Å². The number of carbonyl (C=O) groups excluding carboxylic acids is 3. The van der Waals surface area contributed by atoms with E-state index in [4.69, 9.17) is 0 Å². The summed E-state index contributed by atoms with van der Waals surface area (Å²) < 4.78 is 0. The summed E-state index contributed by atoms with van der Waals surface area (Å²) in [6.45, 7) is 1.09. The van der Waals surface area contributed by atoms with Gasteiger partial charge in [0, 0.05) is 31.3 Å². The third-order valence-corrected chi connectivity index (χ3v) is 7.17. The molecule has 9 heteroatoms. The molecule has 0 bridgehead atoms. The number of aliphatic hydroxyl groups excluding tert-OH is 2. The van der Waals surface area contributed by atoms with Gasteiger partial charge in [-0.1, -0.05) is 0 Å². The van der Waals surface area contributed by atoms with E-state index in [1.807, 2.05) is 19.0 Å². The van der Waals surface area contributed by atoms with Gasteiger partial charge in [-0.05, 0) is 57.5 Å². The van der Waals surface area contributed by atoms with Gasteiger partial charge >= 0.3 is 0 Å². The van der Waals surface area contributed by atoms with Crippen molar-refractivity contribution in [2.24, 2.45) is 11.8 Å². The maximum atomic E-state index is 13.7. The van der Waals surface area contributed by atoms with Crippen LogP contribution in [0.2, 0.25) is 0 Å². The van der Waals surface area contributed by atoms with Crippen molar-refractivity contribution < 1.29 is 34.8 Å². The van der Waals surface area contributed by atoms with Crippen LogP contribution in [0.15, 0.2) is 29.0 Å². The third-order valence-electron chi connectivity index (χ3n) is 7.17. The lowest BCUT2D eigenvalue weighted by Crippen LogP contribution is -2.65. The molecule has 0 aliphatic heterocycles. The van der Waals surface area contributed by atoms with Crippen LogP contribution in [0.4, 0.5) is 5.69 Å². The molecular weight excluding hydrogens is 428 g/mol. The van der Waals surface area contributed by atoms with Gasteiger partial charge in [0.25, 0.3) is 0 Å². The Balaban J connectivity index is 1.99.